The fraction of sp³-hybridized carbons (Fsp3) is 0.300. The predicted octanol–water partition coefficient (Wildman–Crippen LogP) is 2.34. The highest BCUT2D eigenvalue weighted by Crippen LogP contribution is 2.30. The van der Waals surface area contributed by atoms with Gasteiger partial charge in [0.2, 0.25) is 0 Å². The molecule has 0 radical (unpaired) electrons. The topological polar surface area (TPSA) is 17.1 Å². The minimum absolute atomic E-state index is 0.0486. The van der Waals surface area contributed by atoms with Gasteiger partial charge in [-0.2, -0.15) is 0 Å². The van der Waals surface area contributed by atoms with Crippen molar-refractivity contribution in [3.63, 3.8) is 0 Å². The molecule has 3 heteroatoms. The van der Waals surface area contributed by atoms with Crippen molar-refractivity contribution in [2.24, 2.45) is 5.92 Å². The Labute approximate surface area is 74.4 Å². The van der Waals surface area contributed by atoms with Gasteiger partial charge in [0.1, 0.15) is 11.6 Å². The molecule has 0 aliphatic heterocycles. The molecule has 1 atom stereocenters. The number of rotatable bonds is 0. The molecule has 1 aliphatic carbocycles. The van der Waals surface area contributed by atoms with E-state index >= 15 is 0 Å². The molecule has 1 unspecified atom stereocenters. The Morgan fingerprint density at radius 1 is 1.31 bits per heavy atom. The van der Waals surface area contributed by atoms with Crippen LogP contribution in [-0.2, 0) is 6.42 Å². The highest BCUT2D eigenvalue weighted by atomic mass is 19.1. The minimum Gasteiger partial charge on any atom is -0.294 e. The fourth-order valence-electron chi connectivity index (χ4n) is 1.71. The number of carbonyl (C=O) groups is 1. The van der Waals surface area contributed by atoms with Crippen LogP contribution < -0.4 is 0 Å². The maximum absolute atomic E-state index is 13.1. The molecule has 68 valence electrons. The van der Waals surface area contributed by atoms with E-state index in [-0.39, 0.29) is 22.8 Å². The van der Waals surface area contributed by atoms with Crippen molar-refractivity contribution >= 4 is 5.78 Å². The van der Waals surface area contributed by atoms with Gasteiger partial charge in [-0.15, -0.1) is 0 Å². The molecule has 0 amide bonds. The summed E-state index contributed by atoms with van der Waals surface area (Å²) in [5.74, 6) is -1.66. The molecule has 1 aromatic carbocycles. The van der Waals surface area contributed by atoms with Crippen LogP contribution in [0.25, 0.3) is 0 Å². The van der Waals surface area contributed by atoms with Gasteiger partial charge in [-0.3, -0.25) is 4.79 Å². The second-order valence-corrected chi connectivity index (χ2v) is 3.35. The first-order valence-corrected chi connectivity index (χ1v) is 4.12. The number of carbonyl (C=O) groups excluding carboxylic acids is 1. The molecule has 0 saturated heterocycles. The van der Waals surface area contributed by atoms with E-state index in [4.69, 9.17) is 0 Å². The monoisotopic (exact) mass is 182 g/mol. The average Bonchev–Trinajstić information content (AvgIpc) is 2.38. The second kappa shape index (κ2) is 2.62. The van der Waals surface area contributed by atoms with Gasteiger partial charge in [0, 0.05) is 11.5 Å². The molecule has 0 heterocycles. The molecule has 1 nitrogen and oxygen atoms in total. The zero-order valence-electron chi connectivity index (χ0n) is 7.10. The largest absolute Gasteiger partial charge is 0.294 e. The van der Waals surface area contributed by atoms with E-state index in [1.165, 1.54) is 0 Å². The van der Waals surface area contributed by atoms with Crippen LogP contribution in [0.5, 0.6) is 0 Å². The molecule has 0 saturated carbocycles. The van der Waals surface area contributed by atoms with Gasteiger partial charge in [-0.25, -0.2) is 8.78 Å². The molecule has 0 fully saturated rings. The lowest BCUT2D eigenvalue weighted by Gasteiger charge is -1.99. The van der Waals surface area contributed by atoms with Gasteiger partial charge < -0.3 is 0 Å². The Hall–Kier alpha value is -1.25. The molecule has 0 bridgehead atoms. The number of hydrogen-bond acceptors (Lipinski definition) is 1. The summed E-state index contributed by atoms with van der Waals surface area (Å²) in [7, 11) is 0. The third-order valence-corrected chi connectivity index (χ3v) is 2.41. The van der Waals surface area contributed by atoms with E-state index in [1.54, 1.807) is 6.92 Å². The Morgan fingerprint density at radius 3 is 2.54 bits per heavy atom. The van der Waals surface area contributed by atoms with Crippen LogP contribution in [0.3, 0.4) is 0 Å². The number of benzene rings is 1. The van der Waals surface area contributed by atoms with Gasteiger partial charge in [0.25, 0.3) is 0 Å². The third-order valence-electron chi connectivity index (χ3n) is 2.41. The molecule has 13 heavy (non-hydrogen) atoms. The van der Waals surface area contributed by atoms with Gasteiger partial charge in [0.15, 0.2) is 5.78 Å². The van der Waals surface area contributed by atoms with Crippen molar-refractivity contribution in [1.82, 2.24) is 0 Å². The van der Waals surface area contributed by atoms with Crippen molar-refractivity contribution in [2.45, 2.75) is 13.3 Å². The van der Waals surface area contributed by atoms with E-state index in [0.29, 0.717) is 6.42 Å². The van der Waals surface area contributed by atoms with Crippen LogP contribution in [0.2, 0.25) is 0 Å². The van der Waals surface area contributed by atoms with Crippen LogP contribution in [0.4, 0.5) is 8.78 Å². The molecular weight excluding hydrogens is 174 g/mol. The highest BCUT2D eigenvalue weighted by Gasteiger charge is 2.32. The lowest BCUT2D eigenvalue weighted by atomic mass is 10.1. The van der Waals surface area contributed by atoms with Crippen molar-refractivity contribution in [2.75, 3.05) is 0 Å². The first-order chi connectivity index (χ1) is 6.11. The summed E-state index contributed by atoms with van der Waals surface area (Å²) in [4.78, 5) is 11.4. The standard InChI is InChI=1S/C10H8F2O/c1-5-4-6-7(11)2-3-8(12)9(6)10(5)13/h2-3,5H,4H2,1H3. The predicted molar refractivity (Wildman–Crippen MR) is 43.6 cm³/mol. The molecule has 0 aromatic heterocycles. The number of fused-ring (bicyclic) bond motifs is 1. The van der Waals surface area contributed by atoms with Crippen molar-refractivity contribution in [3.8, 4) is 0 Å². The van der Waals surface area contributed by atoms with Gasteiger partial charge in [0.05, 0.1) is 5.56 Å². The SMILES string of the molecule is CC1Cc2c(F)ccc(F)c2C1=O. The summed E-state index contributed by atoms with van der Waals surface area (Å²) in [6.07, 6.45) is 0.317. The van der Waals surface area contributed by atoms with E-state index in [9.17, 15) is 13.6 Å². The zero-order chi connectivity index (χ0) is 9.59. The Morgan fingerprint density at radius 2 is 1.92 bits per heavy atom. The maximum atomic E-state index is 13.1. The normalized spacial score (nSPS) is 20.5. The van der Waals surface area contributed by atoms with Crippen molar-refractivity contribution < 1.29 is 13.6 Å². The first-order valence-electron chi connectivity index (χ1n) is 4.12. The summed E-state index contributed by atoms with van der Waals surface area (Å²) in [5.41, 5.74) is 0.185. The van der Waals surface area contributed by atoms with E-state index in [0.717, 1.165) is 12.1 Å². The molecular formula is C10H8F2O. The average molecular weight is 182 g/mol. The zero-order valence-corrected chi connectivity index (χ0v) is 7.10. The summed E-state index contributed by atoms with van der Waals surface area (Å²) in [6.45, 7) is 1.68. The van der Waals surface area contributed by atoms with Gasteiger partial charge in [-0.05, 0) is 18.6 Å². The maximum Gasteiger partial charge on any atom is 0.169 e. The Bertz CT molecular complexity index is 385. The quantitative estimate of drug-likeness (QED) is 0.601. The van der Waals surface area contributed by atoms with Crippen molar-refractivity contribution in [1.29, 1.82) is 0 Å². The molecule has 0 N–H and O–H groups in total. The highest BCUT2D eigenvalue weighted by molar-refractivity contribution is 6.02. The van der Waals surface area contributed by atoms with Gasteiger partial charge in [-0.1, -0.05) is 6.92 Å². The lowest BCUT2D eigenvalue weighted by molar-refractivity contribution is 0.0943. The molecule has 1 aromatic rings. The Balaban J connectivity index is 2.68. The second-order valence-electron chi connectivity index (χ2n) is 3.35. The number of Topliss-reactive ketones (excluding diaryl/α,β-unsaturated/α-hetero) is 1. The fourth-order valence-corrected chi connectivity index (χ4v) is 1.71. The van der Waals surface area contributed by atoms with E-state index in [1.807, 2.05) is 0 Å². The molecule has 0 spiro atoms. The number of halogens is 2. The van der Waals surface area contributed by atoms with Crippen LogP contribution in [0.15, 0.2) is 12.1 Å². The smallest absolute Gasteiger partial charge is 0.169 e. The van der Waals surface area contributed by atoms with E-state index < -0.39 is 11.6 Å². The summed E-state index contributed by atoms with van der Waals surface area (Å²) < 4.78 is 26.2. The summed E-state index contributed by atoms with van der Waals surface area (Å²) in [5, 5.41) is 0. The van der Waals surface area contributed by atoms with Crippen molar-refractivity contribution in [3.05, 3.63) is 34.9 Å². The van der Waals surface area contributed by atoms with Gasteiger partial charge >= 0.3 is 0 Å². The Kier molecular flexibility index (Phi) is 1.68. The molecule has 2 rings (SSSR count). The van der Waals surface area contributed by atoms with Crippen LogP contribution in [0, 0.1) is 17.6 Å². The van der Waals surface area contributed by atoms with E-state index in [2.05, 4.69) is 0 Å². The third kappa shape index (κ3) is 1.07. The lowest BCUT2D eigenvalue weighted by Crippen LogP contribution is -2.04. The number of hydrogen-bond donors (Lipinski definition) is 0. The number of ketones is 1. The minimum atomic E-state index is -0.606. The van der Waals surface area contributed by atoms with Crippen LogP contribution >= 0.6 is 0 Å². The van der Waals surface area contributed by atoms with Crippen LogP contribution in [-0.4, -0.2) is 5.78 Å². The molecule has 1 aliphatic rings. The first kappa shape index (κ1) is 8.35. The summed E-state index contributed by atoms with van der Waals surface area (Å²) >= 11 is 0. The van der Waals surface area contributed by atoms with Crippen LogP contribution in [0.1, 0.15) is 22.8 Å². The summed E-state index contributed by atoms with van der Waals surface area (Å²) in [6, 6.07) is 2.07.